The second-order valence-electron chi connectivity index (χ2n) is 7.41. The summed E-state index contributed by atoms with van der Waals surface area (Å²) in [6, 6.07) is 14.3. The third-order valence-corrected chi connectivity index (χ3v) is 5.42. The number of nitrogens with one attached hydrogen (secondary N) is 1. The van der Waals surface area contributed by atoms with Crippen LogP contribution in [0.2, 0.25) is 0 Å². The molecule has 0 radical (unpaired) electrons. The Hall–Kier alpha value is -3.46. The molecule has 2 heterocycles. The molecule has 5 nitrogen and oxygen atoms in total. The minimum absolute atomic E-state index is 0.0136. The molecule has 1 N–H and O–H groups in total. The molecule has 2 aromatic carbocycles. The first-order valence-electron chi connectivity index (χ1n) is 9.66. The lowest BCUT2D eigenvalue weighted by Gasteiger charge is -2.34. The smallest absolute Gasteiger partial charge is 0.227 e. The molecule has 4 rings (SSSR count). The predicted molar refractivity (Wildman–Crippen MR) is 111 cm³/mol. The van der Waals surface area contributed by atoms with E-state index in [1.165, 1.54) is 18.3 Å². The van der Waals surface area contributed by atoms with E-state index in [9.17, 15) is 14.4 Å². The van der Waals surface area contributed by atoms with E-state index in [1.54, 1.807) is 6.07 Å². The van der Waals surface area contributed by atoms with Gasteiger partial charge in [0.2, 0.25) is 5.91 Å². The van der Waals surface area contributed by atoms with E-state index < -0.39 is 0 Å². The van der Waals surface area contributed by atoms with Crippen molar-refractivity contribution < 1.29 is 9.18 Å². The number of carbonyl (C=O) groups excluding carboxylic acids is 1. The third-order valence-electron chi connectivity index (χ3n) is 5.42. The number of benzene rings is 2. The molecule has 29 heavy (non-hydrogen) atoms. The van der Waals surface area contributed by atoms with Gasteiger partial charge in [-0.3, -0.25) is 9.78 Å². The van der Waals surface area contributed by atoms with Crippen molar-refractivity contribution in [2.45, 2.75) is 19.8 Å². The average molecular weight is 388 g/mol. The first-order valence-corrected chi connectivity index (χ1v) is 9.66. The quantitative estimate of drug-likeness (QED) is 0.722. The van der Waals surface area contributed by atoms with Crippen LogP contribution in [0.15, 0.2) is 48.7 Å². The number of rotatable bonds is 3. The fraction of sp³-hybridized carbons (Fsp3) is 0.261. The van der Waals surface area contributed by atoms with Crippen LogP contribution in [0.4, 0.5) is 15.8 Å². The van der Waals surface area contributed by atoms with E-state index in [0.717, 1.165) is 11.3 Å². The summed E-state index contributed by atoms with van der Waals surface area (Å²) >= 11 is 0. The molecule has 6 heteroatoms. The lowest BCUT2D eigenvalue weighted by atomic mass is 9.94. The molecule has 1 aliphatic rings. The number of amides is 1. The molecule has 0 aliphatic carbocycles. The normalized spacial score (nSPS) is 14.6. The van der Waals surface area contributed by atoms with Gasteiger partial charge >= 0.3 is 0 Å². The van der Waals surface area contributed by atoms with Crippen LogP contribution in [0.25, 0.3) is 10.9 Å². The summed E-state index contributed by atoms with van der Waals surface area (Å²) in [5.41, 5.74) is 3.72. The van der Waals surface area contributed by atoms with Crippen molar-refractivity contribution in [3.05, 3.63) is 65.6 Å². The van der Waals surface area contributed by atoms with Crippen molar-refractivity contribution in [1.29, 1.82) is 5.26 Å². The summed E-state index contributed by atoms with van der Waals surface area (Å²) in [6.07, 6.45) is 2.87. The SMILES string of the molecule is Cc1ccc(NC(=O)C2CCN(c3c(C#N)cnc4ccc(F)cc34)CC2)cc1. The monoisotopic (exact) mass is 388 g/mol. The molecule has 0 unspecified atom stereocenters. The van der Waals surface area contributed by atoms with Gasteiger partial charge in [-0.25, -0.2) is 4.39 Å². The maximum Gasteiger partial charge on any atom is 0.227 e. The Morgan fingerprint density at radius 2 is 1.93 bits per heavy atom. The lowest BCUT2D eigenvalue weighted by molar-refractivity contribution is -0.120. The van der Waals surface area contributed by atoms with E-state index in [0.29, 0.717) is 48.1 Å². The topological polar surface area (TPSA) is 69.0 Å². The number of aromatic nitrogens is 1. The fourth-order valence-electron chi connectivity index (χ4n) is 3.82. The highest BCUT2D eigenvalue weighted by atomic mass is 19.1. The highest BCUT2D eigenvalue weighted by Crippen LogP contribution is 2.33. The number of nitrogens with zero attached hydrogens (tertiary/aromatic N) is 3. The molecule has 0 atom stereocenters. The van der Waals surface area contributed by atoms with Gasteiger partial charge < -0.3 is 10.2 Å². The van der Waals surface area contributed by atoms with Gasteiger partial charge in [-0.1, -0.05) is 17.7 Å². The van der Waals surface area contributed by atoms with Gasteiger partial charge in [0.1, 0.15) is 11.9 Å². The standard InChI is InChI=1S/C23H21FN4O/c1-15-2-5-19(6-3-15)27-23(29)16-8-10-28(11-9-16)22-17(13-25)14-26-21-7-4-18(24)12-20(21)22/h2-7,12,14,16H,8-11H2,1H3,(H,27,29). The number of anilines is 2. The number of pyridine rings is 1. The van der Waals surface area contributed by atoms with Crippen molar-refractivity contribution in [2.75, 3.05) is 23.3 Å². The zero-order valence-electron chi connectivity index (χ0n) is 16.2. The van der Waals surface area contributed by atoms with Gasteiger partial charge in [0.15, 0.2) is 0 Å². The minimum atomic E-state index is -0.358. The molecule has 0 spiro atoms. The first kappa shape index (κ1) is 18.9. The van der Waals surface area contributed by atoms with Crippen LogP contribution < -0.4 is 10.2 Å². The fourth-order valence-corrected chi connectivity index (χ4v) is 3.82. The lowest BCUT2D eigenvalue weighted by Crippen LogP contribution is -2.38. The Morgan fingerprint density at radius 1 is 1.21 bits per heavy atom. The number of hydrogen-bond acceptors (Lipinski definition) is 4. The largest absolute Gasteiger partial charge is 0.370 e. The number of piperidine rings is 1. The van der Waals surface area contributed by atoms with Crippen LogP contribution in [-0.2, 0) is 4.79 Å². The highest BCUT2D eigenvalue weighted by molar-refractivity contribution is 5.95. The first-order chi connectivity index (χ1) is 14.0. The summed E-state index contributed by atoms with van der Waals surface area (Å²) in [5.74, 6) is -0.439. The third kappa shape index (κ3) is 3.90. The Kier molecular flexibility index (Phi) is 5.13. The van der Waals surface area contributed by atoms with Crippen LogP contribution in [-0.4, -0.2) is 24.0 Å². The van der Waals surface area contributed by atoms with Gasteiger partial charge in [-0.05, 0) is 50.1 Å². The molecule has 0 bridgehead atoms. The van der Waals surface area contributed by atoms with Crippen molar-refractivity contribution in [3.8, 4) is 6.07 Å². The van der Waals surface area contributed by atoms with Crippen LogP contribution >= 0.6 is 0 Å². The maximum absolute atomic E-state index is 13.8. The van der Waals surface area contributed by atoms with E-state index >= 15 is 0 Å². The molecule has 3 aromatic rings. The second-order valence-corrected chi connectivity index (χ2v) is 7.41. The van der Waals surface area contributed by atoms with Crippen LogP contribution in [0, 0.1) is 30.0 Å². The second kappa shape index (κ2) is 7.88. The van der Waals surface area contributed by atoms with Crippen molar-refractivity contribution in [2.24, 2.45) is 5.92 Å². The number of aryl methyl sites for hydroxylation is 1. The highest BCUT2D eigenvalue weighted by Gasteiger charge is 2.27. The number of nitriles is 1. The molecule has 1 aliphatic heterocycles. The zero-order chi connectivity index (χ0) is 20.4. The van der Waals surface area contributed by atoms with Gasteiger partial charge in [0, 0.05) is 36.3 Å². The molecular weight excluding hydrogens is 367 g/mol. The summed E-state index contributed by atoms with van der Waals surface area (Å²) in [6.45, 7) is 3.25. The van der Waals surface area contributed by atoms with E-state index in [4.69, 9.17) is 0 Å². The minimum Gasteiger partial charge on any atom is -0.370 e. The van der Waals surface area contributed by atoms with Crippen LogP contribution in [0.3, 0.4) is 0 Å². The Morgan fingerprint density at radius 3 is 2.62 bits per heavy atom. The van der Waals surface area contributed by atoms with E-state index in [-0.39, 0.29) is 17.6 Å². The molecule has 1 saturated heterocycles. The summed E-state index contributed by atoms with van der Waals surface area (Å²) in [7, 11) is 0. The maximum atomic E-state index is 13.8. The van der Waals surface area contributed by atoms with Crippen LogP contribution in [0.5, 0.6) is 0 Å². The Balaban J connectivity index is 1.51. The van der Waals surface area contributed by atoms with Gasteiger partial charge in [-0.2, -0.15) is 5.26 Å². The molecule has 0 saturated carbocycles. The van der Waals surface area contributed by atoms with Crippen molar-refractivity contribution in [3.63, 3.8) is 0 Å². The summed E-state index contributed by atoms with van der Waals surface area (Å²) in [4.78, 5) is 19.0. The number of carbonyl (C=O) groups is 1. The summed E-state index contributed by atoms with van der Waals surface area (Å²) in [5, 5.41) is 13.1. The van der Waals surface area contributed by atoms with Gasteiger partial charge in [-0.15, -0.1) is 0 Å². The van der Waals surface area contributed by atoms with E-state index in [1.807, 2.05) is 31.2 Å². The van der Waals surface area contributed by atoms with E-state index in [2.05, 4.69) is 21.3 Å². The molecule has 146 valence electrons. The number of fused-ring (bicyclic) bond motifs is 1. The van der Waals surface area contributed by atoms with Crippen molar-refractivity contribution in [1.82, 2.24) is 4.98 Å². The predicted octanol–water partition coefficient (Wildman–Crippen LogP) is 4.41. The Bertz CT molecular complexity index is 1100. The molecule has 1 amide bonds. The Labute approximate surface area is 168 Å². The zero-order valence-corrected chi connectivity index (χ0v) is 16.2. The molecule has 1 aromatic heterocycles. The van der Waals surface area contributed by atoms with Gasteiger partial charge in [0.25, 0.3) is 0 Å². The molecular formula is C23H21FN4O. The number of hydrogen-bond donors (Lipinski definition) is 1. The average Bonchev–Trinajstić information content (AvgIpc) is 2.74. The number of halogens is 1. The molecule has 1 fully saturated rings. The summed E-state index contributed by atoms with van der Waals surface area (Å²) < 4.78 is 13.8. The van der Waals surface area contributed by atoms with Crippen molar-refractivity contribution >= 4 is 28.2 Å². The van der Waals surface area contributed by atoms with Gasteiger partial charge in [0.05, 0.1) is 16.8 Å². The van der Waals surface area contributed by atoms with Crippen LogP contribution in [0.1, 0.15) is 24.0 Å².